The summed E-state index contributed by atoms with van der Waals surface area (Å²) >= 11 is 0. The van der Waals surface area contributed by atoms with Gasteiger partial charge in [-0.15, -0.1) is 0 Å². The number of hydrogen-bond acceptors (Lipinski definition) is 4. The number of carbonyl (C=O) groups is 1. The first kappa shape index (κ1) is 14.8. The maximum absolute atomic E-state index is 12.5. The summed E-state index contributed by atoms with van der Waals surface area (Å²) in [6.45, 7) is 0. The lowest BCUT2D eigenvalue weighted by atomic mass is 10.1. The SMILES string of the molecule is Cn1c(=O)c(C(=O)N(O)c2ccccc2)c(O)c2ccccc21. The number of aromatic nitrogens is 1. The van der Waals surface area contributed by atoms with Crippen molar-refractivity contribution in [2.24, 2.45) is 7.05 Å². The van der Waals surface area contributed by atoms with Gasteiger partial charge in [0.2, 0.25) is 0 Å². The lowest BCUT2D eigenvalue weighted by Gasteiger charge is -2.17. The molecule has 2 aromatic carbocycles. The van der Waals surface area contributed by atoms with Gasteiger partial charge in [-0.3, -0.25) is 14.8 Å². The first-order chi connectivity index (χ1) is 11.0. The van der Waals surface area contributed by atoms with Gasteiger partial charge in [-0.05, 0) is 24.3 Å². The van der Waals surface area contributed by atoms with Crippen LogP contribution >= 0.6 is 0 Å². The number of para-hydroxylation sites is 2. The topological polar surface area (TPSA) is 82.8 Å². The zero-order chi connectivity index (χ0) is 16.6. The molecule has 0 atom stereocenters. The molecule has 3 aromatic rings. The van der Waals surface area contributed by atoms with E-state index in [0.29, 0.717) is 16.0 Å². The monoisotopic (exact) mass is 310 g/mol. The molecule has 0 fully saturated rings. The third-order valence-corrected chi connectivity index (χ3v) is 3.68. The van der Waals surface area contributed by atoms with Crippen LogP contribution in [-0.4, -0.2) is 20.8 Å². The summed E-state index contributed by atoms with van der Waals surface area (Å²) in [6, 6.07) is 14.7. The number of rotatable bonds is 2. The molecule has 6 nitrogen and oxygen atoms in total. The Bertz CT molecular complexity index is 948. The second-order valence-electron chi connectivity index (χ2n) is 5.06. The molecule has 0 bridgehead atoms. The zero-order valence-electron chi connectivity index (χ0n) is 12.3. The van der Waals surface area contributed by atoms with Crippen molar-refractivity contribution in [1.29, 1.82) is 0 Å². The third-order valence-electron chi connectivity index (χ3n) is 3.68. The number of hydrogen-bond donors (Lipinski definition) is 2. The van der Waals surface area contributed by atoms with E-state index in [1.807, 2.05) is 0 Å². The summed E-state index contributed by atoms with van der Waals surface area (Å²) in [4.78, 5) is 24.9. The summed E-state index contributed by atoms with van der Waals surface area (Å²) < 4.78 is 1.26. The number of carbonyl (C=O) groups excluding carboxylic acids is 1. The quantitative estimate of drug-likeness (QED) is 0.562. The lowest BCUT2D eigenvalue weighted by Crippen LogP contribution is -2.34. The van der Waals surface area contributed by atoms with Crippen molar-refractivity contribution in [3.63, 3.8) is 0 Å². The highest BCUT2D eigenvalue weighted by atomic mass is 16.5. The van der Waals surface area contributed by atoms with Crippen molar-refractivity contribution in [2.45, 2.75) is 0 Å². The van der Waals surface area contributed by atoms with E-state index < -0.39 is 22.8 Å². The normalized spacial score (nSPS) is 10.7. The molecule has 2 N–H and O–H groups in total. The number of hydroxylamine groups is 1. The van der Waals surface area contributed by atoms with Crippen LogP contribution in [0.25, 0.3) is 10.9 Å². The predicted octanol–water partition coefficient (Wildman–Crippen LogP) is 2.28. The molecule has 1 aromatic heterocycles. The molecule has 0 spiro atoms. The average Bonchev–Trinajstić information content (AvgIpc) is 2.60. The average molecular weight is 310 g/mol. The third kappa shape index (κ3) is 2.35. The number of anilines is 1. The minimum Gasteiger partial charge on any atom is -0.506 e. The number of amides is 1. The molecule has 1 heterocycles. The van der Waals surface area contributed by atoms with Crippen LogP contribution in [0.4, 0.5) is 5.69 Å². The van der Waals surface area contributed by atoms with E-state index in [0.717, 1.165) is 0 Å². The number of aryl methyl sites for hydroxylation is 1. The van der Waals surface area contributed by atoms with Gasteiger partial charge in [0, 0.05) is 12.4 Å². The van der Waals surface area contributed by atoms with Gasteiger partial charge < -0.3 is 9.67 Å². The summed E-state index contributed by atoms with van der Waals surface area (Å²) in [7, 11) is 1.51. The van der Waals surface area contributed by atoms with E-state index >= 15 is 0 Å². The van der Waals surface area contributed by atoms with Gasteiger partial charge in [0.05, 0.1) is 11.2 Å². The number of nitrogens with zero attached hydrogens (tertiary/aromatic N) is 2. The van der Waals surface area contributed by atoms with Gasteiger partial charge in [-0.1, -0.05) is 30.3 Å². The van der Waals surface area contributed by atoms with E-state index in [1.165, 1.54) is 23.7 Å². The summed E-state index contributed by atoms with van der Waals surface area (Å²) in [5, 5.41) is 21.1. The van der Waals surface area contributed by atoms with Gasteiger partial charge in [-0.2, -0.15) is 5.06 Å². The minimum absolute atomic E-state index is 0.201. The van der Waals surface area contributed by atoms with E-state index in [4.69, 9.17) is 0 Å². The summed E-state index contributed by atoms with van der Waals surface area (Å²) in [5.74, 6) is -1.43. The Labute approximate surface area is 131 Å². The number of pyridine rings is 1. The molecule has 0 unspecified atom stereocenters. The molecule has 23 heavy (non-hydrogen) atoms. The zero-order valence-corrected chi connectivity index (χ0v) is 12.3. The smallest absolute Gasteiger partial charge is 0.291 e. The van der Waals surface area contributed by atoms with Crippen LogP contribution in [0.5, 0.6) is 5.75 Å². The molecule has 116 valence electrons. The summed E-state index contributed by atoms with van der Waals surface area (Å²) in [5.41, 5.74) is -0.457. The van der Waals surface area contributed by atoms with Crippen LogP contribution in [-0.2, 0) is 7.05 Å². The van der Waals surface area contributed by atoms with E-state index in [9.17, 15) is 19.9 Å². The van der Waals surface area contributed by atoms with Crippen LogP contribution in [0.3, 0.4) is 0 Å². The van der Waals surface area contributed by atoms with Crippen LogP contribution in [0.15, 0.2) is 59.4 Å². The summed E-state index contributed by atoms with van der Waals surface area (Å²) in [6.07, 6.45) is 0. The highest BCUT2D eigenvalue weighted by Crippen LogP contribution is 2.27. The molecule has 0 saturated carbocycles. The highest BCUT2D eigenvalue weighted by molar-refractivity contribution is 6.09. The first-order valence-electron chi connectivity index (χ1n) is 6.91. The maximum atomic E-state index is 12.5. The fourth-order valence-electron chi connectivity index (χ4n) is 2.46. The molecule has 0 radical (unpaired) electrons. The van der Waals surface area contributed by atoms with Crippen molar-refractivity contribution in [1.82, 2.24) is 4.57 Å². The fourth-order valence-corrected chi connectivity index (χ4v) is 2.46. The first-order valence-corrected chi connectivity index (χ1v) is 6.91. The van der Waals surface area contributed by atoms with Gasteiger partial charge in [-0.25, -0.2) is 0 Å². The molecule has 0 aliphatic rings. The van der Waals surface area contributed by atoms with Gasteiger partial charge in [0.1, 0.15) is 11.3 Å². The molecule has 0 aliphatic carbocycles. The van der Waals surface area contributed by atoms with Crippen molar-refractivity contribution in [2.75, 3.05) is 5.06 Å². The van der Waals surface area contributed by atoms with E-state index in [1.54, 1.807) is 42.5 Å². The van der Waals surface area contributed by atoms with Crippen molar-refractivity contribution < 1.29 is 15.1 Å². The largest absolute Gasteiger partial charge is 0.506 e. The van der Waals surface area contributed by atoms with Gasteiger partial charge >= 0.3 is 0 Å². The molecular weight excluding hydrogens is 296 g/mol. The Balaban J connectivity index is 2.20. The van der Waals surface area contributed by atoms with Crippen molar-refractivity contribution in [3.05, 3.63) is 70.5 Å². The number of aromatic hydroxyl groups is 1. The molecule has 0 aliphatic heterocycles. The molecule has 3 rings (SSSR count). The molecule has 0 saturated heterocycles. The predicted molar refractivity (Wildman–Crippen MR) is 85.9 cm³/mol. The van der Waals surface area contributed by atoms with Crippen LogP contribution in [0.2, 0.25) is 0 Å². The van der Waals surface area contributed by atoms with Gasteiger partial charge in [0.15, 0.2) is 0 Å². The Morgan fingerprint density at radius 1 is 1.04 bits per heavy atom. The standard InChI is InChI=1S/C17H14N2O4/c1-18-13-10-6-5-9-12(13)15(20)14(16(18)21)17(22)19(23)11-7-3-2-4-8-11/h2-10,20,23H,1H3. The minimum atomic E-state index is -0.986. The second kappa shape index (κ2) is 5.58. The van der Waals surface area contributed by atoms with Gasteiger partial charge in [0.25, 0.3) is 11.5 Å². The van der Waals surface area contributed by atoms with Crippen LogP contribution < -0.4 is 10.6 Å². The Kier molecular flexibility index (Phi) is 3.59. The second-order valence-corrected chi connectivity index (χ2v) is 5.06. The number of benzene rings is 2. The molecule has 1 amide bonds. The van der Waals surface area contributed by atoms with E-state index in [-0.39, 0.29) is 5.69 Å². The van der Waals surface area contributed by atoms with Crippen LogP contribution in [0, 0.1) is 0 Å². The van der Waals surface area contributed by atoms with Crippen molar-refractivity contribution >= 4 is 22.5 Å². The van der Waals surface area contributed by atoms with Crippen LogP contribution in [0.1, 0.15) is 10.4 Å². The lowest BCUT2D eigenvalue weighted by molar-refractivity contribution is 0.0850. The highest BCUT2D eigenvalue weighted by Gasteiger charge is 2.25. The fraction of sp³-hybridized carbons (Fsp3) is 0.0588. The Morgan fingerprint density at radius 2 is 1.65 bits per heavy atom. The van der Waals surface area contributed by atoms with E-state index in [2.05, 4.69) is 0 Å². The molecule has 6 heteroatoms. The Hall–Kier alpha value is -3.12. The van der Waals surface area contributed by atoms with Crippen molar-refractivity contribution in [3.8, 4) is 5.75 Å². The maximum Gasteiger partial charge on any atom is 0.291 e. The Morgan fingerprint density at radius 3 is 2.35 bits per heavy atom. The molecular formula is C17H14N2O4. The number of fused-ring (bicyclic) bond motifs is 1.